The Kier molecular flexibility index (Phi) is 3.48. The average Bonchev–Trinajstić information content (AvgIpc) is 2.18. The smallest absolute Gasteiger partial charge is 0.139 e. The standard InChI is InChI=1S/C11H21NO/c1-4-10-7-5-6-8-12(10)11(2,3)9-13/h9-10H,4-8H2,1-3H3. The molecule has 1 atom stereocenters. The van der Waals surface area contributed by atoms with Crippen molar-refractivity contribution in [2.24, 2.45) is 0 Å². The Bertz CT molecular complexity index is 177. The first-order valence-corrected chi connectivity index (χ1v) is 5.35. The van der Waals surface area contributed by atoms with Crippen molar-refractivity contribution in [3.8, 4) is 0 Å². The van der Waals surface area contributed by atoms with Crippen LogP contribution in [0.2, 0.25) is 0 Å². The van der Waals surface area contributed by atoms with Crippen LogP contribution >= 0.6 is 0 Å². The molecule has 76 valence electrons. The van der Waals surface area contributed by atoms with Gasteiger partial charge in [-0.1, -0.05) is 13.3 Å². The van der Waals surface area contributed by atoms with Gasteiger partial charge in [0.25, 0.3) is 0 Å². The van der Waals surface area contributed by atoms with Gasteiger partial charge in [-0.15, -0.1) is 0 Å². The maximum absolute atomic E-state index is 10.9. The van der Waals surface area contributed by atoms with Gasteiger partial charge in [0, 0.05) is 6.04 Å². The lowest BCUT2D eigenvalue weighted by Gasteiger charge is -2.43. The molecule has 0 aromatic rings. The van der Waals surface area contributed by atoms with E-state index < -0.39 is 0 Å². The quantitative estimate of drug-likeness (QED) is 0.625. The van der Waals surface area contributed by atoms with Crippen molar-refractivity contribution in [2.45, 2.75) is 58.0 Å². The number of aldehydes is 1. The first kappa shape index (κ1) is 10.7. The average molecular weight is 183 g/mol. The molecule has 0 N–H and O–H groups in total. The number of carbonyl (C=O) groups excluding carboxylic acids is 1. The zero-order valence-electron chi connectivity index (χ0n) is 9.05. The summed E-state index contributed by atoms with van der Waals surface area (Å²) in [6.45, 7) is 7.34. The van der Waals surface area contributed by atoms with Crippen LogP contribution in [0.3, 0.4) is 0 Å². The SMILES string of the molecule is CCC1CCCCN1C(C)(C)C=O. The van der Waals surface area contributed by atoms with Crippen LogP contribution in [0.25, 0.3) is 0 Å². The molecule has 1 aliphatic heterocycles. The Morgan fingerprint density at radius 2 is 2.15 bits per heavy atom. The maximum Gasteiger partial charge on any atom is 0.139 e. The van der Waals surface area contributed by atoms with E-state index in [9.17, 15) is 4.79 Å². The van der Waals surface area contributed by atoms with Gasteiger partial charge in [0.15, 0.2) is 0 Å². The van der Waals surface area contributed by atoms with Gasteiger partial charge in [-0.25, -0.2) is 0 Å². The molecule has 1 rings (SSSR count). The molecule has 0 bridgehead atoms. The van der Waals surface area contributed by atoms with Crippen molar-refractivity contribution in [3.63, 3.8) is 0 Å². The molecule has 1 aliphatic rings. The lowest BCUT2D eigenvalue weighted by atomic mass is 9.93. The maximum atomic E-state index is 10.9. The lowest BCUT2D eigenvalue weighted by molar-refractivity contribution is -0.119. The van der Waals surface area contributed by atoms with Crippen LogP contribution in [0.15, 0.2) is 0 Å². The minimum Gasteiger partial charge on any atom is -0.301 e. The molecule has 0 aromatic heterocycles. The van der Waals surface area contributed by atoms with Crippen molar-refractivity contribution >= 4 is 6.29 Å². The molecular formula is C11H21NO. The molecule has 0 spiro atoms. The highest BCUT2D eigenvalue weighted by atomic mass is 16.1. The molecule has 2 nitrogen and oxygen atoms in total. The zero-order chi connectivity index (χ0) is 9.90. The van der Waals surface area contributed by atoms with Crippen LogP contribution in [0.1, 0.15) is 46.5 Å². The minimum absolute atomic E-state index is 0.263. The van der Waals surface area contributed by atoms with Gasteiger partial charge in [0.2, 0.25) is 0 Å². The summed E-state index contributed by atoms with van der Waals surface area (Å²) < 4.78 is 0. The Labute approximate surface area is 81.3 Å². The summed E-state index contributed by atoms with van der Waals surface area (Å²) in [5, 5.41) is 0. The summed E-state index contributed by atoms with van der Waals surface area (Å²) in [5.41, 5.74) is -0.263. The summed E-state index contributed by atoms with van der Waals surface area (Å²) in [4.78, 5) is 13.3. The molecule has 0 aliphatic carbocycles. The van der Waals surface area contributed by atoms with E-state index in [0.717, 1.165) is 19.3 Å². The number of nitrogens with zero attached hydrogens (tertiary/aromatic N) is 1. The molecule has 0 radical (unpaired) electrons. The van der Waals surface area contributed by atoms with Gasteiger partial charge >= 0.3 is 0 Å². The first-order chi connectivity index (χ1) is 6.11. The highest BCUT2D eigenvalue weighted by Crippen LogP contribution is 2.26. The summed E-state index contributed by atoms with van der Waals surface area (Å²) in [7, 11) is 0. The Hall–Kier alpha value is -0.370. The van der Waals surface area contributed by atoms with E-state index in [-0.39, 0.29) is 5.54 Å². The Morgan fingerprint density at radius 1 is 1.46 bits per heavy atom. The van der Waals surface area contributed by atoms with E-state index in [1.807, 2.05) is 13.8 Å². The monoisotopic (exact) mass is 183 g/mol. The third-order valence-electron chi connectivity index (χ3n) is 3.13. The van der Waals surface area contributed by atoms with Gasteiger partial charge in [-0.3, -0.25) is 4.90 Å². The van der Waals surface area contributed by atoms with E-state index in [0.29, 0.717) is 6.04 Å². The van der Waals surface area contributed by atoms with Crippen molar-refractivity contribution in [3.05, 3.63) is 0 Å². The van der Waals surface area contributed by atoms with Crippen LogP contribution in [-0.2, 0) is 4.79 Å². The number of carbonyl (C=O) groups is 1. The highest BCUT2D eigenvalue weighted by Gasteiger charge is 2.32. The topological polar surface area (TPSA) is 20.3 Å². The number of hydrogen-bond acceptors (Lipinski definition) is 2. The minimum atomic E-state index is -0.263. The number of rotatable bonds is 3. The van der Waals surface area contributed by atoms with Gasteiger partial charge in [0.1, 0.15) is 6.29 Å². The van der Waals surface area contributed by atoms with E-state index in [4.69, 9.17) is 0 Å². The Balaban J connectivity index is 2.68. The third kappa shape index (κ3) is 2.31. The lowest BCUT2D eigenvalue weighted by Crippen LogP contribution is -2.53. The fraction of sp³-hybridized carbons (Fsp3) is 0.909. The van der Waals surface area contributed by atoms with Crippen molar-refractivity contribution < 1.29 is 4.79 Å². The third-order valence-corrected chi connectivity index (χ3v) is 3.13. The molecule has 13 heavy (non-hydrogen) atoms. The van der Waals surface area contributed by atoms with Crippen LogP contribution in [0.4, 0.5) is 0 Å². The molecule has 1 unspecified atom stereocenters. The second kappa shape index (κ2) is 4.23. The van der Waals surface area contributed by atoms with Crippen molar-refractivity contribution in [1.29, 1.82) is 0 Å². The van der Waals surface area contributed by atoms with Crippen LogP contribution in [0.5, 0.6) is 0 Å². The second-order valence-electron chi connectivity index (χ2n) is 4.52. The van der Waals surface area contributed by atoms with E-state index >= 15 is 0 Å². The molecule has 0 amide bonds. The fourth-order valence-corrected chi connectivity index (χ4v) is 2.25. The second-order valence-corrected chi connectivity index (χ2v) is 4.52. The van der Waals surface area contributed by atoms with Crippen molar-refractivity contribution in [2.75, 3.05) is 6.54 Å². The van der Waals surface area contributed by atoms with E-state index in [2.05, 4.69) is 11.8 Å². The summed E-state index contributed by atoms with van der Waals surface area (Å²) in [6, 6.07) is 0.619. The molecular weight excluding hydrogens is 162 g/mol. The predicted octanol–water partition coefficient (Wildman–Crippen LogP) is 2.23. The van der Waals surface area contributed by atoms with Gasteiger partial charge < -0.3 is 4.79 Å². The fourth-order valence-electron chi connectivity index (χ4n) is 2.25. The summed E-state index contributed by atoms with van der Waals surface area (Å²) in [5.74, 6) is 0. The zero-order valence-corrected chi connectivity index (χ0v) is 9.05. The predicted molar refractivity (Wildman–Crippen MR) is 54.8 cm³/mol. The molecule has 1 heterocycles. The van der Waals surface area contributed by atoms with E-state index in [1.54, 1.807) is 0 Å². The van der Waals surface area contributed by atoms with Crippen molar-refractivity contribution in [1.82, 2.24) is 4.90 Å². The van der Waals surface area contributed by atoms with Crippen LogP contribution in [0, 0.1) is 0 Å². The van der Waals surface area contributed by atoms with Crippen LogP contribution in [-0.4, -0.2) is 29.3 Å². The molecule has 0 saturated carbocycles. The number of likely N-dealkylation sites (tertiary alicyclic amines) is 1. The van der Waals surface area contributed by atoms with Gasteiger partial charge in [-0.2, -0.15) is 0 Å². The van der Waals surface area contributed by atoms with E-state index in [1.165, 1.54) is 19.3 Å². The Morgan fingerprint density at radius 3 is 2.69 bits per heavy atom. The number of piperidine rings is 1. The number of hydrogen-bond donors (Lipinski definition) is 0. The molecule has 0 aromatic carbocycles. The van der Waals surface area contributed by atoms with Gasteiger partial charge in [-0.05, 0) is 39.7 Å². The normalized spacial score (nSPS) is 25.9. The largest absolute Gasteiger partial charge is 0.301 e. The summed E-state index contributed by atoms with van der Waals surface area (Å²) in [6.07, 6.45) is 6.07. The highest BCUT2D eigenvalue weighted by molar-refractivity contribution is 5.62. The molecule has 2 heteroatoms. The molecule has 1 saturated heterocycles. The molecule has 1 fully saturated rings. The summed E-state index contributed by atoms with van der Waals surface area (Å²) >= 11 is 0. The van der Waals surface area contributed by atoms with Gasteiger partial charge in [0.05, 0.1) is 5.54 Å². The first-order valence-electron chi connectivity index (χ1n) is 5.35. The van der Waals surface area contributed by atoms with Crippen LogP contribution < -0.4 is 0 Å².